The van der Waals surface area contributed by atoms with Crippen molar-refractivity contribution in [2.24, 2.45) is 0 Å². The van der Waals surface area contributed by atoms with Gasteiger partial charge >= 0.3 is 5.97 Å². The van der Waals surface area contributed by atoms with Gasteiger partial charge in [0.1, 0.15) is 0 Å². The summed E-state index contributed by atoms with van der Waals surface area (Å²) in [6.07, 6.45) is 0. The van der Waals surface area contributed by atoms with E-state index in [2.05, 4.69) is 19.2 Å². The van der Waals surface area contributed by atoms with E-state index in [1.807, 2.05) is 17.8 Å². The summed E-state index contributed by atoms with van der Waals surface area (Å²) >= 11 is 1.92. The van der Waals surface area contributed by atoms with Crippen LogP contribution in [0, 0.1) is 0 Å². The first-order valence-electron chi connectivity index (χ1n) is 5.74. The molecule has 1 rings (SSSR count). The summed E-state index contributed by atoms with van der Waals surface area (Å²) in [5, 5.41) is 12.8. The maximum atomic E-state index is 10.8. The molecule has 0 saturated heterocycles. The van der Waals surface area contributed by atoms with Crippen LogP contribution in [-0.4, -0.2) is 28.6 Å². The molecule has 0 aromatic heterocycles. The lowest BCUT2D eigenvalue weighted by Gasteiger charge is -2.07. The number of aromatic carboxylic acids is 1. The van der Waals surface area contributed by atoms with Crippen LogP contribution in [0.4, 0.5) is 0 Å². The number of thioether (sulfide) groups is 1. The Morgan fingerprint density at radius 1 is 1.47 bits per heavy atom. The third-order valence-corrected chi connectivity index (χ3v) is 3.34. The molecule has 3 nitrogen and oxygen atoms in total. The summed E-state index contributed by atoms with van der Waals surface area (Å²) in [6, 6.07) is 7.05. The Kier molecular flexibility index (Phi) is 6.08. The number of rotatable bonds is 7. The molecule has 0 fully saturated rings. The third kappa shape index (κ3) is 5.75. The van der Waals surface area contributed by atoms with E-state index in [-0.39, 0.29) is 0 Å². The Morgan fingerprint density at radius 2 is 2.24 bits per heavy atom. The largest absolute Gasteiger partial charge is 0.478 e. The van der Waals surface area contributed by atoms with E-state index in [0.717, 1.165) is 24.4 Å². The highest BCUT2D eigenvalue weighted by molar-refractivity contribution is 7.99. The van der Waals surface area contributed by atoms with E-state index < -0.39 is 5.97 Å². The van der Waals surface area contributed by atoms with Crippen LogP contribution in [0.25, 0.3) is 0 Å². The van der Waals surface area contributed by atoms with Gasteiger partial charge in [-0.2, -0.15) is 11.8 Å². The quantitative estimate of drug-likeness (QED) is 0.733. The second kappa shape index (κ2) is 7.35. The van der Waals surface area contributed by atoms with Crippen molar-refractivity contribution in [3.63, 3.8) is 0 Å². The number of hydrogen-bond acceptors (Lipinski definition) is 3. The molecular formula is C13H19NO2S. The minimum Gasteiger partial charge on any atom is -0.478 e. The summed E-state index contributed by atoms with van der Waals surface area (Å²) in [6.45, 7) is 6.03. The van der Waals surface area contributed by atoms with Gasteiger partial charge < -0.3 is 10.4 Å². The maximum Gasteiger partial charge on any atom is 0.335 e. The van der Waals surface area contributed by atoms with Gasteiger partial charge in [-0.3, -0.25) is 0 Å². The maximum absolute atomic E-state index is 10.8. The summed E-state index contributed by atoms with van der Waals surface area (Å²) in [5.41, 5.74) is 1.36. The van der Waals surface area contributed by atoms with Crippen LogP contribution in [0.15, 0.2) is 24.3 Å². The number of carbonyl (C=O) groups is 1. The summed E-state index contributed by atoms with van der Waals surface area (Å²) < 4.78 is 0. The molecule has 4 heteroatoms. The molecular weight excluding hydrogens is 234 g/mol. The van der Waals surface area contributed by atoms with Gasteiger partial charge in [0.05, 0.1) is 5.56 Å². The smallest absolute Gasteiger partial charge is 0.335 e. The van der Waals surface area contributed by atoms with Crippen LogP contribution in [0.1, 0.15) is 29.8 Å². The molecule has 1 aromatic rings. The van der Waals surface area contributed by atoms with Crippen LogP contribution < -0.4 is 5.32 Å². The first-order valence-corrected chi connectivity index (χ1v) is 6.79. The molecule has 0 heterocycles. The van der Waals surface area contributed by atoms with E-state index in [9.17, 15) is 4.79 Å². The lowest BCUT2D eigenvalue weighted by atomic mass is 10.1. The highest BCUT2D eigenvalue weighted by Gasteiger charge is 2.02. The Hall–Kier alpha value is -1.00. The monoisotopic (exact) mass is 253 g/mol. The predicted molar refractivity (Wildman–Crippen MR) is 72.7 cm³/mol. The molecule has 0 saturated carbocycles. The van der Waals surface area contributed by atoms with Crippen molar-refractivity contribution >= 4 is 17.7 Å². The van der Waals surface area contributed by atoms with Crippen molar-refractivity contribution in [1.82, 2.24) is 5.32 Å². The highest BCUT2D eigenvalue weighted by Crippen LogP contribution is 2.08. The molecule has 94 valence electrons. The van der Waals surface area contributed by atoms with E-state index in [1.165, 1.54) is 0 Å². The van der Waals surface area contributed by atoms with Gasteiger partial charge in [0, 0.05) is 18.8 Å². The SMILES string of the molecule is CC(C)SCCNCc1cccc(C(=O)O)c1. The molecule has 17 heavy (non-hydrogen) atoms. The van der Waals surface area contributed by atoms with Gasteiger partial charge in [0.2, 0.25) is 0 Å². The van der Waals surface area contributed by atoms with Gasteiger partial charge in [-0.05, 0) is 22.9 Å². The van der Waals surface area contributed by atoms with E-state index in [4.69, 9.17) is 5.11 Å². The van der Waals surface area contributed by atoms with E-state index in [1.54, 1.807) is 18.2 Å². The average Bonchev–Trinajstić information content (AvgIpc) is 2.28. The fraction of sp³-hybridized carbons (Fsp3) is 0.462. The predicted octanol–water partition coefficient (Wildman–Crippen LogP) is 2.62. The van der Waals surface area contributed by atoms with Crippen molar-refractivity contribution in [3.8, 4) is 0 Å². The fourth-order valence-corrected chi connectivity index (χ4v) is 2.15. The molecule has 0 radical (unpaired) electrons. The number of nitrogens with one attached hydrogen (secondary N) is 1. The molecule has 0 aliphatic heterocycles. The zero-order valence-corrected chi connectivity index (χ0v) is 11.1. The summed E-state index contributed by atoms with van der Waals surface area (Å²) in [5.74, 6) is 0.207. The first-order chi connectivity index (χ1) is 8.09. The minimum atomic E-state index is -0.873. The lowest BCUT2D eigenvalue weighted by molar-refractivity contribution is 0.0697. The topological polar surface area (TPSA) is 49.3 Å². The zero-order valence-electron chi connectivity index (χ0n) is 10.3. The van der Waals surface area contributed by atoms with Crippen LogP contribution in [-0.2, 0) is 6.54 Å². The van der Waals surface area contributed by atoms with Crippen molar-refractivity contribution in [2.45, 2.75) is 25.6 Å². The standard InChI is InChI=1S/C13H19NO2S/c1-10(2)17-7-6-14-9-11-4-3-5-12(8-11)13(15)16/h3-5,8,10,14H,6-7,9H2,1-2H3,(H,15,16). The van der Waals surface area contributed by atoms with Gasteiger partial charge in [-0.15, -0.1) is 0 Å². The van der Waals surface area contributed by atoms with E-state index >= 15 is 0 Å². The molecule has 0 aliphatic carbocycles. The van der Waals surface area contributed by atoms with Gasteiger partial charge in [-0.25, -0.2) is 4.79 Å². The summed E-state index contributed by atoms with van der Waals surface area (Å²) in [4.78, 5) is 10.8. The van der Waals surface area contributed by atoms with Crippen molar-refractivity contribution in [2.75, 3.05) is 12.3 Å². The van der Waals surface area contributed by atoms with Gasteiger partial charge in [0.25, 0.3) is 0 Å². The third-order valence-electron chi connectivity index (χ3n) is 2.23. The van der Waals surface area contributed by atoms with Crippen LogP contribution in [0.5, 0.6) is 0 Å². The number of carboxylic acid groups (broad SMARTS) is 1. The number of benzene rings is 1. The molecule has 0 atom stereocenters. The average molecular weight is 253 g/mol. The van der Waals surface area contributed by atoms with Crippen LogP contribution in [0.3, 0.4) is 0 Å². The molecule has 0 spiro atoms. The molecule has 1 aromatic carbocycles. The molecule has 2 N–H and O–H groups in total. The molecule has 0 aliphatic rings. The Morgan fingerprint density at radius 3 is 2.88 bits per heavy atom. The minimum absolute atomic E-state index is 0.348. The van der Waals surface area contributed by atoms with E-state index in [0.29, 0.717) is 10.8 Å². The molecule has 0 unspecified atom stereocenters. The zero-order chi connectivity index (χ0) is 12.7. The second-order valence-corrected chi connectivity index (χ2v) is 5.79. The van der Waals surface area contributed by atoms with Gasteiger partial charge in [-0.1, -0.05) is 26.0 Å². The van der Waals surface area contributed by atoms with Gasteiger partial charge in [0.15, 0.2) is 0 Å². The fourth-order valence-electron chi connectivity index (χ4n) is 1.41. The lowest BCUT2D eigenvalue weighted by Crippen LogP contribution is -2.17. The molecule has 0 amide bonds. The number of hydrogen-bond donors (Lipinski definition) is 2. The second-order valence-electron chi connectivity index (χ2n) is 4.10. The Balaban J connectivity index is 2.31. The molecule has 0 bridgehead atoms. The summed E-state index contributed by atoms with van der Waals surface area (Å²) in [7, 11) is 0. The van der Waals surface area contributed by atoms with Crippen molar-refractivity contribution in [3.05, 3.63) is 35.4 Å². The van der Waals surface area contributed by atoms with Crippen molar-refractivity contribution in [1.29, 1.82) is 0 Å². The Labute approximate surface area is 107 Å². The first kappa shape index (κ1) is 14.1. The normalized spacial score (nSPS) is 10.8. The van der Waals surface area contributed by atoms with Crippen LogP contribution >= 0.6 is 11.8 Å². The number of carboxylic acids is 1. The highest BCUT2D eigenvalue weighted by atomic mass is 32.2. The van der Waals surface area contributed by atoms with Crippen molar-refractivity contribution < 1.29 is 9.90 Å². The van der Waals surface area contributed by atoms with Crippen LogP contribution in [0.2, 0.25) is 0 Å². The Bertz CT molecular complexity index is 366.